The zero-order valence-electron chi connectivity index (χ0n) is 24.2. The molecule has 2 amide bonds. The zero-order valence-corrected chi connectivity index (χ0v) is 25.8. The van der Waals surface area contributed by atoms with E-state index in [1.165, 1.54) is 11.3 Å². The Hall–Kier alpha value is -1.91. The van der Waals surface area contributed by atoms with Gasteiger partial charge >= 0.3 is 12.2 Å². The van der Waals surface area contributed by atoms with Crippen LogP contribution in [0.5, 0.6) is 0 Å². The molecule has 2 unspecified atom stereocenters. The molecule has 2 saturated carbocycles. The summed E-state index contributed by atoms with van der Waals surface area (Å²) >= 11 is 7.60. The lowest BCUT2D eigenvalue weighted by molar-refractivity contribution is -0.879. The average Bonchev–Trinajstić information content (AvgIpc) is 3.54. The van der Waals surface area contributed by atoms with Crippen LogP contribution in [0.2, 0.25) is 0 Å². The van der Waals surface area contributed by atoms with Crippen molar-refractivity contribution in [3.05, 3.63) is 11.1 Å². The summed E-state index contributed by atoms with van der Waals surface area (Å²) in [5.74, 6) is 0.384. The Morgan fingerprint density at radius 3 is 2.38 bits per heavy atom. The van der Waals surface area contributed by atoms with Gasteiger partial charge in [-0.1, -0.05) is 6.92 Å². The Kier molecular flexibility index (Phi) is 7.03. The molecule has 0 aromatic carbocycles. The Morgan fingerprint density at radius 1 is 1.15 bits per heavy atom. The highest BCUT2D eigenvalue weighted by molar-refractivity contribution is 7.13. The fourth-order valence-corrected chi connectivity index (χ4v) is 8.23. The highest BCUT2D eigenvalue weighted by atomic mass is 35.5. The number of ketones is 1. The van der Waals surface area contributed by atoms with Crippen molar-refractivity contribution < 1.29 is 28.3 Å². The molecular formula is C28H42ClN4O5S+. The van der Waals surface area contributed by atoms with Crippen LogP contribution in [-0.4, -0.2) is 81.1 Å². The van der Waals surface area contributed by atoms with Gasteiger partial charge in [0.25, 0.3) is 0 Å². The first-order chi connectivity index (χ1) is 18.1. The molecule has 4 fully saturated rings. The number of hydrogen-bond acceptors (Lipinski definition) is 8. The maximum atomic E-state index is 14.2. The molecule has 216 valence electrons. The van der Waals surface area contributed by atoms with Gasteiger partial charge in [0, 0.05) is 43.1 Å². The van der Waals surface area contributed by atoms with Crippen LogP contribution in [0.4, 0.5) is 14.7 Å². The number of thiazole rings is 1. The predicted octanol–water partition coefficient (Wildman–Crippen LogP) is 5.45. The third-order valence-electron chi connectivity index (χ3n) is 8.87. The topological polar surface area (TPSA) is 97.8 Å². The number of likely N-dealkylation sites (tertiary alicyclic amines) is 2. The van der Waals surface area contributed by atoms with Gasteiger partial charge in [0.15, 0.2) is 11.2 Å². The largest absolute Gasteiger partial charge is 0.517 e. The van der Waals surface area contributed by atoms with Crippen LogP contribution in [-0.2, 0) is 14.3 Å². The van der Waals surface area contributed by atoms with E-state index < -0.39 is 17.2 Å². The molecule has 0 spiro atoms. The first-order valence-electron chi connectivity index (χ1n) is 14.0. The van der Waals surface area contributed by atoms with Crippen molar-refractivity contribution in [3.8, 4) is 0 Å². The average molecular weight is 582 g/mol. The zero-order chi connectivity index (χ0) is 28.7. The Labute approximate surface area is 240 Å². The van der Waals surface area contributed by atoms with Crippen LogP contribution in [0.25, 0.3) is 0 Å². The number of halogens is 1. The number of nitrogens with one attached hydrogen (secondary N) is 1. The summed E-state index contributed by atoms with van der Waals surface area (Å²) in [6.07, 6.45) is 0.816. The summed E-state index contributed by atoms with van der Waals surface area (Å²) in [6.45, 7) is 13.7. The number of anilines is 1. The van der Waals surface area contributed by atoms with Crippen molar-refractivity contribution in [1.82, 2.24) is 9.88 Å². The van der Waals surface area contributed by atoms with Gasteiger partial charge < -0.3 is 14.8 Å². The predicted molar refractivity (Wildman–Crippen MR) is 150 cm³/mol. The Morgan fingerprint density at radius 2 is 1.82 bits per heavy atom. The summed E-state index contributed by atoms with van der Waals surface area (Å²) in [5.41, 5.74) is -0.564. The van der Waals surface area contributed by atoms with Gasteiger partial charge in [0.05, 0.1) is 24.2 Å². The van der Waals surface area contributed by atoms with Gasteiger partial charge in [0.2, 0.25) is 5.78 Å². The number of carbonyl (C=O) groups excluding carboxylic acids is 3. The van der Waals surface area contributed by atoms with Crippen molar-refractivity contribution in [3.63, 3.8) is 0 Å². The standard InChI is InChI=1S/C28H42ClN4O5S/c1-14-21-16(12-33(26(36)38-28(5,6)7)18-9-15(18)10-19(33)20(34)11-29)23(17-13-39-24(30-8)31-17)32(22(14)21)25(35)37-27(2,3)4/h13-16,18-19,21-23H,9-12H2,1-8H3,(H,30,31)/q+1/t14-,15-,16?,18-,19+,21-,22-,23+,33?/m0/s1. The highest BCUT2D eigenvalue weighted by Gasteiger charge is 2.75. The molecule has 39 heavy (non-hydrogen) atoms. The summed E-state index contributed by atoms with van der Waals surface area (Å²) in [5, 5.41) is 5.85. The third-order valence-corrected chi connectivity index (χ3v) is 10.0. The van der Waals surface area contributed by atoms with Crippen LogP contribution in [0.1, 0.15) is 73.0 Å². The lowest BCUT2D eigenvalue weighted by Gasteiger charge is -2.42. The Balaban J connectivity index is 1.58. The summed E-state index contributed by atoms with van der Waals surface area (Å²) < 4.78 is 11.9. The molecule has 1 N–H and O–H groups in total. The van der Waals surface area contributed by atoms with Gasteiger partial charge in [-0.05, 0) is 53.4 Å². The molecule has 11 heteroatoms. The van der Waals surface area contributed by atoms with Gasteiger partial charge in [-0.3, -0.25) is 9.69 Å². The number of fused-ring (bicyclic) bond motifs is 2. The van der Waals surface area contributed by atoms with E-state index in [9.17, 15) is 14.4 Å². The summed E-state index contributed by atoms with van der Waals surface area (Å²) in [4.78, 5) is 47.8. The summed E-state index contributed by atoms with van der Waals surface area (Å²) in [6, 6.07) is -0.878. The molecule has 0 radical (unpaired) electrons. The van der Waals surface area contributed by atoms with E-state index in [1.807, 2.05) is 58.9 Å². The molecule has 9 nitrogen and oxygen atoms in total. The number of hydrogen-bond donors (Lipinski definition) is 1. The van der Waals surface area contributed by atoms with E-state index in [-0.39, 0.29) is 64.2 Å². The molecule has 4 aliphatic rings. The monoisotopic (exact) mass is 581 g/mol. The first-order valence-corrected chi connectivity index (χ1v) is 15.4. The second-order valence-corrected chi connectivity index (χ2v) is 14.9. The molecular weight excluding hydrogens is 540 g/mol. The number of rotatable bonds is 6. The van der Waals surface area contributed by atoms with Gasteiger partial charge in [-0.15, -0.1) is 22.9 Å². The smallest absolute Gasteiger partial charge is 0.444 e. The number of ether oxygens (including phenoxy) is 2. The van der Waals surface area contributed by atoms with Crippen LogP contribution in [0.3, 0.4) is 0 Å². The van der Waals surface area contributed by atoms with Crippen LogP contribution >= 0.6 is 22.9 Å². The second kappa shape index (κ2) is 9.58. The number of piperidine rings is 2. The van der Waals surface area contributed by atoms with Crippen LogP contribution in [0, 0.1) is 23.7 Å². The van der Waals surface area contributed by atoms with E-state index in [2.05, 4.69) is 12.2 Å². The van der Waals surface area contributed by atoms with E-state index in [0.29, 0.717) is 18.9 Å². The van der Waals surface area contributed by atoms with Crippen molar-refractivity contribution in [2.45, 2.75) is 96.7 Å². The fraction of sp³-hybridized carbons (Fsp3) is 0.786. The number of amides is 2. The highest BCUT2D eigenvalue weighted by Crippen LogP contribution is 2.64. The second-order valence-electron chi connectivity index (χ2n) is 13.8. The number of Topliss-reactive ketones (excluding diaryl/α,β-unsaturated/α-hetero) is 1. The summed E-state index contributed by atoms with van der Waals surface area (Å²) in [7, 11) is 1.82. The van der Waals surface area contributed by atoms with E-state index in [4.69, 9.17) is 26.1 Å². The third kappa shape index (κ3) is 4.95. The molecule has 1 aromatic rings. The number of alkyl halides is 1. The number of aromatic nitrogens is 1. The van der Waals surface area contributed by atoms with E-state index in [1.54, 1.807) is 0 Å². The SMILES string of the molecule is CNc1nc([C@H]2C(C[N+]3(C(=O)OC(C)(C)C)[C@@H](C(=O)CCl)C[C@@H]4C[C@@H]43)[C@@H]3[C@H](C)[C@@H]3N2C(=O)OC(C)(C)C)cs1. The quantitative estimate of drug-likeness (QED) is 0.352. The van der Waals surface area contributed by atoms with Crippen LogP contribution < -0.4 is 5.32 Å². The maximum Gasteiger partial charge on any atom is 0.517 e. The molecule has 0 bridgehead atoms. The first kappa shape index (κ1) is 28.6. The van der Waals surface area contributed by atoms with Crippen molar-refractivity contribution >= 4 is 46.0 Å². The van der Waals surface area contributed by atoms with Gasteiger partial charge in [0.1, 0.15) is 17.2 Å². The molecule has 5 rings (SSSR count). The van der Waals surface area contributed by atoms with Crippen molar-refractivity contribution in [2.24, 2.45) is 23.7 Å². The van der Waals surface area contributed by atoms with Crippen LogP contribution in [0.15, 0.2) is 5.38 Å². The lowest BCUT2D eigenvalue weighted by atomic mass is 9.90. The normalized spacial score (nSPS) is 36.7. The Bertz CT molecular complexity index is 1160. The maximum absolute atomic E-state index is 14.2. The minimum atomic E-state index is -0.701. The van der Waals surface area contributed by atoms with Gasteiger partial charge in [-0.25, -0.2) is 14.3 Å². The van der Waals surface area contributed by atoms with E-state index in [0.717, 1.165) is 17.2 Å². The van der Waals surface area contributed by atoms with Gasteiger partial charge in [-0.2, -0.15) is 4.79 Å². The van der Waals surface area contributed by atoms with E-state index >= 15 is 0 Å². The minimum Gasteiger partial charge on any atom is -0.444 e. The lowest BCUT2D eigenvalue weighted by Crippen LogP contribution is -2.64. The van der Waals surface area contributed by atoms with Crippen molar-refractivity contribution in [2.75, 3.05) is 24.8 Å². The van der Waals surface area contributed by atoms with Crippen molar-refractivity contribution in [1.29, 1.82) is 0 Å². The molecule has 3 heterocycles. The number of carbonyl (C=O) groups is 3. The molecule has 2 saturated heterocycles. The molecule has 9 atom stereocenters. The molecule has 2 aliphatic carbocycles. The fourth-order valence-electron chi connectivity index (χ4n) is 7.35. The molecule has 1 aromatic heterocycles. The molecule has 2 aliphatic heterocycles. The minimum absolute atomic E-state index is 0.00643. The number of quaternary nitrogens is 1. The number of nitrogens with zero attached hydrogens (tertiary/aromatic N) is 3.